The standard InChI is InChI=1S/C30H36N2O/c1-32-23-27-19-9-8-18-26(27)22-29(32)30(33)31-28(20-10-16-24-12-4-2-5-13-24)21-11-17-25-14-6-3-7-15-25/h2-9,12-15,18-19,28-29H,10-11,16-17,20-23H2,1H3,(H,31,33)/t29-/m0/s1. The maximum absolute atomic E-state index is 13.3. The minimum atomic E-state index is -0.0920. The molecule has 33 heavy (non-hydrogen) atoms. The molecule has 3 nitrogen and oxygen atoms in total. The molecule has 3 aromatic carbocycles. The normalized spacial score (nSPS) is 15.9. The molecular weight excluding hydrogens is 404 g/mol. The summed E-state index contributed by atoms with van der Waals surface area (Å²) in [4.78, 5) is 15.5. The van der Waals surface area contributed by atoms with Crippen molar-refractivity contribution in [3.63, 3.8) is 0 Å². The first-order valence-electron chi connectivity index (χ1n) is 12.3. The van der Waals surface area contributed by atoms with Crippen LogP contribution in [0.15, 0.2) is 84.9 Å². The lowest BCUT2D eigenvalue weighted by Gasteiger charge is -2.34. The number of rotatable bonds is 10. The number of likely N-dealkylation sites (N-methyl/N-ethyl adjacent to an activating group) is 1. The number of hydrogen-bond donors (Lipinski definition) is 1. The van der Waals surface area contributed by atoms with Crippen LogP contribution in [0.3, 0.4) is 0 Å². The van der Waals surface area contributed by atoms with Crippen molar-refractivity contribution in [3.8, 4) is 0 Å². The number of benzene rings is 3. The van der Waals surface area contributed by atoms with Crippen LogP contribution in [0.1, 0.15) is 47.9 Å². The van der Waals surface area contributed by atoms with Crippen LogP contribution in [0, 0.1) is 0 Å². The molecule has 0 aromatic heterocycles. The summed E-state index contributed by atoms with van der Waals surface area (Å²) in [6.07, 6.45) is 7.11. The Morgan fingerprint density at radius 2 is 1.33 bits per heavy atom. The number of amides is 1. The van der Waals surface area contributed by atoms with Gasteiger partial charge < -0.3 is 5.32 Å². The van der Waals surface area contributed by atoms with E-state index in [4.69, 9.17) is 0 Å². The number of nitrogens with one attached hydrogen (secondary N) is 1. The Morgan fingerprint density at radius 1 is 0.818 bits per heavy atom. The molecule has 1 heterocycles. The summed E-state index contributed by atoms with van der Waals surface area (Å²) >= 11 is 0. The van der Waals surface area contributed by atoms with Gasteiger partial charge in [-0.2, -0.15) is 0 Å². The van der Waals surface area contributed by atoms with E-state index in [0.717, 1.165) is 51.5 Å². The molecule has 1 atom stereocenters. The number of hydrogen-bond acceptors (Lipinski definition) is 2. The van der Waals surface area contributed by atoms with Crippen molar-refractivity contribution >= 4 is 5.91 Å². The van der Waals surface area contributed by atoms with Crippen LogP contribution < -0.4 is 5.32 Å². The highest BCUT2D eigenvalue weighted by Crippen LogP contribution is 2.22. The Bertz CT molecular complexity index is 957. The van der Waals surface area contributed by atoms with E-state index in [1.165, 1.54) is 22.3 Å². The van der Waals surface area contributed by atoms with Gasteiger partial charge in [0.05, 0.1) is 6.04 Å². The maximum atomic E-state index is 13.3. The zero-order valence-electron chi connectivity index (χ0n) is 19.7. The minimum absolute atomic E-state index is 0.0920. The highest BCUT2D eigenvalue weighted by Gasteiger charge is 2.29. The van der Waals surface area contributed by atoms with Gasteiger partial charge in [0.25, 0.3) is 0 Å². The van der Waals surface area contributed by atoms with Gasteiger partial charge in [0.1, 0.15) is 0 Å². The highest BCUT2D eigenvalue weighted by molar-refractivity contribution is 5.82. The molecule has 0 spiro atoms. The Morgan fingerprint density at radius 3 is 1.91 bits per heavy atom. The van der Waals surface area contributed by atoms with Crippen LogP contribution in [0.25, 0.3) is 0 Å². The van der Waals surface area contributed by atoms with Gasteiger partial charge in [-0.3, -0.25) is 9.69 Å². The SMILES string of the molecule is CN1Cc2ccccc2C[C@H]1C(=O)NC(CCCc1ccccc1)CCCc1ccccc1. The fourth-order valence-electron chi connectivity index (χ4n) is 4.93. The van der Waals surface area contributed by atoms with Crippen molar-refractivity contribution in [1.29, 1.82) is 0 Å². The molecule has 0 saturated heterocycles. The van der Waals surface area contributed by atoms with Gasteiger partial charge in [-0.15, -0.1) is 0 Å². The summed E-state index contributed by atoms with van der Waals surface area (Å²) in [5.41, 5.74) is 5.39. The molecule has 1 aliphatic rings. The van der Waals surface area contributed by atoms with E-state index < -0.39 is 0 Å². The first-order chi connectivity index (χ1) is 16.2. The Balaban J connectivity index is 1.35. The van der Waals surface area contributed by atoms with E-state index in [-0.39, 0.29) is 18.0 Å². The molecule has 0 saturated carbocycles. The van der Waals surface area contributed by atoms with Crippen molar-refractivity contribution in [2.75, 3.05) is 7.05 Å². The molecule has 1 aliphatic heterocycles. The quantitative estimate of drug-likeness (QED) is 0.447. The van der Waals surface area contributed by atoms with E-state index in [2.05, 4.69) is 102 Å². The van der Waals surface area contributed by atoms with Crippen LogP contribution in [0.4, 0.5) is 0 Å². The van der Waals surface area contributed by atoms with Crippen molar-refractivity contribution in [2.24, 2.45) is 0 Å². The van der Waals surface area contributed by atoms with Crippen LogP contribution in [-0.2, 0) is 30.6 Å². The van der Waals surface area contributed by atoms with Gasteiger partial charge in [0.2, 0.25) is 5.91 Å². The van der Waals surface area contributed by atoms with Crippen molar-refractivity contribution in [2.45, 2.75) is 63.6 Å². The first kappa shape index (κ1) is 23.3. The summed E-state index contributed by atoms with van der Waals surface area (Å²) in [7, 11) is 2.07. The van der Waals surface area contributed by atoms with E-state index in [9.17, 15) is 4.79 Å². The summed E-state index contributed by atoms with van der Waals surface area (Å²) in [5, 5.41) is 3.44. The second-order valence-electron chi connectivity index (χ2n) is 9.36. The van der Waals surface area contributed by atoms with Gasteiger partial charge in [-0.1, -0.05) is 84.9 Å². The van der Waals surface area contributed by atoms with Crippen molar-refractivity contribution in [1.82, 2.24) is 10.2 Å². The molecule has 3 heteroatoms. The average Bonchev–Trinajstić information content (AvgIpc) is 2.84. The average molecular weight is 441 g/mol. The van der Waals surface area contributed by atoms with E-state index in [0.29, 0.717) is 0 Å². The van der Waals surface area contributed by atoms with Crippen LogP contribution >= 0.6 is 0 Å². The van der Waals surface area contributed by atoms with Crippen molar-refractivity contribution in [3.05, 3.63) is 107 Å². The van der Waals surface area contributed by atoms with Crippen LogP contribution in [-0.4, -0.2) is 29.9 Å². The summed E-state index contributed by atoms with van der Waals surface area (Å²) in [6, 6.07) is 29.9. The molecule has 0 unspecified atom stereocenters. The number of aryl methyl sites for hydroxylation is 2. The summed E-state index contributed by atoms with van der Waals surface area (Å²) in [6.45, 7) is 0.834. The fraction of sp³-hybridized carbons (Fsp3) is 0.367. The molecule has 0 bridgehead atoms. The molecule has 0 fully saturated rings. The zero-order valence-corrected chi connectivity index (χ0v) is 19.7. The second kappa shape index (κ2) is 11.8. The predicted octanol–water partition coefficient (Wildman–Crippen LogP) is 5.57. The molecular formula is C30H36N2O. The Hall–Kier alpha value is -2.91. The second-order valence-corrected chi connectivity index (χ2v) is 9.36. The highest BCUT2D eigenvalue weighted by atomic mass is 16.2. The molecule has 172 valence electrons. The third kappa shape index (κ3) is 6.79. The number of carbonyl (C=O) groups excluding carboxylic acids is 1. The fourth-order valence-corrected chi connectivity index (χ4v) is 4.93. The van der Waals surface area contributed by atoms with E-state index >= 15 is 0 Å². The molecule has 1 N–H and O–H groups in total. The molecule has 1 amide bonds. The van der Waals surface area contributed by atoms with Gasteiger partial charge in [0.15, 0.2) is 0 Å². The lowest BCUT2D eigenvalue weighted by atomic mass is 9.93. The van der Waals surface area contributed by atoms with Crippen LogP contribution in [0.2, 0.25) is 0 Å². The molecule has 4 rings (SSSR count). The Labute approximate surface area is 198 Å². The number of carbonyl (C=O) groups is 1. The smallest absolute Gasteiger partial charge is 0.237 e. The molecule has 0 aliphatic carbocycles. The Kier molecular flexibility index (Phi) is 8.32. The van der Waals surface area contributed by atoms with Crippen molar-refractivity contribution < 1.29 is 4.79 Å². The summed E-state index contributed by atoms with van der Waals surface area (Å²) < 4.78 is 0. The number of nitrogens with zero attached hydrogens (tertiary/aromatic N) is 1. The largest absolute Gasteiger partial charge is 0.352 e. The van der Waals surface area contributed by atoms with E-state index in [1.807, 2.05) is 0 Å². The first-order valence-corrected chi connectivity index (χ1v) is 12.3. The minimum Gasteiger partial charge on any atom is -0.352 e. The predicted molar refractivity (Wildman–Crippen MR) is 136 cm³/mol. The maximum Gasteiger partial charge on any atom is 0.237 e. The van der Waals surface area contributed by atoms with Gasteiger partial charge >= 0.3 is 0 Å². The van der Waals surface area contributed by atoms with E-state index in [1.54, 1.807) is 0 Å². The monoisotopic (exact) mass is 440 g/mol. The molecule has 3 aromatic rings. The molecule has 0 radical (unpaired) electrons. The lowest BCUT2D eigenvalue weighted by Crippen LogP contribution is -2.51. The summed E-state index contributed by atoms with van der Waals surface area (Å²) in [5.74, 6) is 0.177. The third-order valence-electron chi connectivity index (χ3n) is 6.85. The third-order valence-corrected chi connectivity index (χ3v) is 6.85. The number of fused-ring (bicyclic) bond motifs is 1. The zero-order chi connectivity index (χ0) is 22.9. The van der Waals surface area contributed by atoms with Gasteiger partial charge in [-0.25, -0.2) is 0 Å². The van der Waals surface area contributed by atoms with Gasteiger partial charge in [0, 0.05) is 12.6 Å². The lowest BCUT2D eigenvalue weighted by molar-refractivity contribution is -0.127. The topological polar surface area (TPSA) is 32.3 Å². The van der Waals surface area contributed by atoms with Crippen LogP contribution in [0.5, 0.6) is 0 Å². The van der Waals surface area contributed by atoms with Gasteiger partial charge in [-0.05, 0) is 74.2 Å².